The number of aromatic nitrogens is 2. The van der Waals surface area contributed by atoms with Crippen LogP contribution in [0.5, 0.6) is 0 Å². The number of fused-ring (bicyclic) bond motifs is 1. The van der Waals surface area contributed by atoms with Crippen molar-refractivity contribution in [2.75, 3.05) is 6.54 Å². The minimum Gasteiger partial charge on any atom is -0.476 e. The molecule has 84 valence electrons. The molecule has 0 unspecified atom stereocenters. The van der Waals surface area contributed by atoms with E-state index in [1.165, 1.54) is 0 Å². The van der Waals surface area contributed by atoms with E-state index in [1.807, 2.05) is 6.07 Å². The van der Waals surface area contributed by atoms with E-state index in [2.05, 4.69) is 20.9 Å². The molecule has 3 N–H and O–H groups in total. The van der Waals surface area contributed by atoms with Crippen LogP contribution in [-0.2, 0) is 6.42 Å². The fourth-order valence-electron chi connectivity index (χ4n) is 1.61. The van der Waals surface area contributed by atoms with Gasteiger partial charge in [0.1, 0.15) is 5.82 Å². The van der Waals surface area contributed by atoms with Crippen molar-refractivity contribution in [3.8, 4) is 0 Å². The lowest BCUT2D eigenvalue weighted by molar-refractivity contribution is 0.0693. The number of halogens is 1. The predicted octanol–water partition coefficient (Wildman–Crippen LogP) is 1.30. The Bertz CT molecular complexity index is 550. The van der Waals surface area contributed by atoms with Crippen LogP contribution in [0.3, 0.4) is 0 Å². The van der Waals surface area contributed by atoms with E-state index in [0.717, 1.165) is 0 Å². The van der Waals surface area contributed by atoms with Gasteiger partial charge in [-0.2, -0.15) is 0 Å². The Kier molecular flexibility index (Phi) is 2.93. The molecular weight excluding hydrogens is 274 g/mol. The summed E-state index contributed by atoms with van der Waals surface area (Å²) in [6.45, 7) is 0.435. The smallest absolute Gasteiger partial charge is 0.356 e. The van der Waals surface area contributed by atoms with Gasteiger partial charge in [0.05, 0.1) is 5.52 Å². The molecule has 0 aliphatic rings. The molecule has 16 heavy (non-hydrogen) atoms. The maximum atomic E-state index is 11.1. The van der Waals surface area contributed by atoms with Crippen LogP contribution in [0.4, 0.5) is 0 Å². The van der Waals surface area contributed by atoms with Crippen LogP contribution in [0.15, 0.2) is 22.8 Å². The molecular formula is C10H10BrN3O2. The number of carboxylic acid groups (broad SMARTS) is 1. The van der Waals surface area contributed by atoms with Gasteiger partial charge in [-0.15, -0.1) is 0 Å². The summed E-state index contributed by atoms with van der Waals surface area (Å²) in [5, 5.41) is 9.06. The second-order valence-electron chi connectivity index (χ2n) is 3.30. The summed E-state index contributed by atoms with van der Waals surface area (Å²) in [5.74, 6) is -0.371. The van der Waals surface area contributed by atoms with Crippen LogP contribution >= 0.6 is 15.9 Å². The van der Waals surface area contributed by atoms with Gasteiger partial charge < -0.3 is 15.2 Å². The maximum Gasteiger partial charge on any atom is 0.356 e. The van der Waals surface area contributed by atoms with Crippen molar-refractivity contribution in [2.24, 2.45) is 5.73 Å². The van der Waals surface area contributed by atoms with E-state index >= 15 is 0 Å². The van der Waals surface area contributed by atoms with Crippen LogP contribution in [0.25, 0.3) is 5.52 Å². The molecule has 0 radical (unpaired) electrons. The van der Waals surface area contributed by atoms with Crippen LogP contribution in [0, 0.1) is 0 Å². The second-order valence-corrected chi connectivity index (χ2v) is 4.15. The number of carboxylic acids is 1. The van der Waals surface area contributed by atoms with E-state index in [1.54, 1.807) is 16.7 Å². The minimum atomic E-state index is -1.03. The lowest BCUT2D eigenvalue weighted by Gasteiger charge is -2.00. The first kappa shape index (κ1) is 11.1. The number of carbonyl (C=O) groups is 1. The Morgan fingerprint density at radius 3 is 3.00 bits per heavy atom. The summed E-state index contributed by atoms with van der Waals surface area (Å²) in [4.78, 5) is 15.1. The molecule has 5 nitrogen and oxygen atoms in total. The number of nitrogens with zero attached hydrogens (tertiary/aromatic N) is 2. The molecule has 0 aliphatic heterocycles. The van der Waals surface area contributed by atoms with E-state index < -0.39 is 5.97 Å². The van der Waals surface area contributed by atoms with Crippen LogP contribution in [0.2, 0.25) is 0 Å². The van der Waals surface area contributed by atoms with E-state index in [9.17, 15) is 4.79 Å². The molecule has 2 aromatic rings. The van der Waals surface area contributed by atoms with Gasteiger partial charge in [-0.05, 0) is 34.6 Å². The van der Waals surface area contributed by atoms with Crippen molar-refractivity contribution in [1.82, 2.24) is 9.38 Å². The number of imidazole rings is 1. The molecule has 6 heteroatoms. The van der Waals surface area contributed by atoms with Gasteiger partial charge >= 0.3 is 5.97 Å². The van der Waals surface area contributed by atoms with Gasteiger partial charge in [-0.1, -0.05) is 0 Å². The number of aromatic carboxylic acids is 1. The third kappa shape index (κ3) is 1.70. The van der Waals surface area contributed by atoms with Crippen molar-refractivity contribution in [3.05, 3.63) is 34.3 Å². The number of hydrogen-bond donors (Lipinski definition) is 2. The van der Waals surface area contributed by atoms with Gasteiger partial charge in [-0.3, -0.25) is 0 Å². The van der Waals surface area contributed by atoms with Crippen LogP contribution in [0.1, 0.15) is 16.3 Å². The molecule has 0 spiro atoms. The van der Waals surface area contributed by atoms with Gasteiger partial charge in [0.2, 0.25) is 0 Å². The van der Waals surface area contributed by atoms with E-state index in [0.29, 0.717) is 28.8 Å². The molecule has 0 aliphatic carbocycles. The minimum absolute atomic E-state index is 0.0518. The number of hydrogen-bond acceptors (Lipinski definition) is 3. The third-order valence-electron chi connectivity index (χ3n) is 2.26. The fourth-order valence-corrected chi connectivity index (χ4v) is 2.15. The molecule has 0 bridgehead atoms. The summed E-state index contributed by atoms with van der Waals surface area (Å²) in [6, 6.07) is 3.61. The summed E-state index contributed by atoms with van der Waals surface area (Å²) >= 11 is 3.33. The largest absolute Gasteiger partial charge is 0.476 e. The molecule has 0 saturated heterocycles. The molecule has 0 aromatic carbocycles. The topological polar surface area (TPSA) is 80.6 Å². The number of nitrogens with two attached hydrogens (primary N) is 1. The first-order chi connectivity index (χ1) is 7.65. The lowest BCUT2D eigenvalue weighted by atomic mass is 10.3. The van der Waals surface area contributed by atoms with Crippen molar-refractivity contribution in [1.29, 1.82) is 0 Å². The van der Waals surface area contributed by atoms with Crippen molar-refractivity contribution in [3.63, 3.8) is 0 Å². The number of pyridine rings is 1. The summed E-state index contributed by atoms with van der Waals surface area (Å²) in [7, 11) is 0. The summed E-state index contributed by atoms with van der Waals surface area (Å²) in [6.07, 6.45) is 2.33. The standard InChI is InChI=1S/C10H10BrN3O2/c11-6-2-1-5-14-7(3-4-12)13-8(9(6)14)10(15)16/h1-2,5H,3-4,12H2,(H,15,16). The van der Waals surface area contributed by atoms with Crippen LogP contribution in [-0.4, -0.2) is 27.0 Å². The highest BCUT2D eigenvalue weighted by molar-refractivity contribution is 9.10. The van der Waals surface area contributed by atoms with Gasteiger partial charge in [0, 0.05) is 17.1 Å². The predicted molar refractivity (Wildman–Crippen MR) is 62.6 cm³/mol. The maximum absolute atomic E-state index is 11.1. The van der Waals surface area contributed by atoms with Gasteiger partial charge in [0.25, 0.3) is 0 Å². The average Bonchev–Trinajstić information content (AvgIpc) is 2.60. The zero-order chi connectivity index (χ0) is 11.7. The van der Waals surface area contributed by atoms with Gasteiger partial charge in [0.15, 0.2) is 5.69 Å². The Labute approximate surface area is 100 Å². The molecule has 2 aromatic heterocycles. The van der Waals surface area contributed by atoms with Crippen LogP contribution < -0.4 is 5.73 Å². The molecule has 0 amide bonds. The molecule has 0 saturated carbocycles. The Hall–Kier alpha value is -1.40. The zero-order valence-electron chi connectivity index (χ0n) is 8.35. The average molecular weight is 284 g/mol. The van der Waals surface area contributed by atoms with Crippen molar-refractivity contribution < 1.29 is 9.90 Å². The Morgan fingerprint density at radius 1 is 1.62 bits per heavy atom. The van der Waals surface area contributed by atoms with Gasteiger partial charge in [-0.25, -0.2) is 9.78 Å². The monoisotopic (exact) mass is 283 g/mol. The van der Waals surface area contributed by atoms with Crippen molar-refractivity contribution >= 4 is 27.4 Å². The highest BCUT2D eigenvalue weighted by Gasteiger charge is 2.17. The lowest BCUT2D eigenvalue weighted by Crippen LogP contribution is -2.06. The number of rotatable bonds is 3. The molecule has 2 heterocycles. The SMILES string of the molecule is NCCc1nc(C(=O)O)c2c(Br)cccn12. The highest BCUT2D eigenvalue weighted by Crippen LogP contribution is 2.23. The normalized spacial score (nSPS) is 10.9. The molecule has 0 fully saturated rings. The summed E-state index contributed by atoms with van der Waals surface area (Å²) < 4.78 is 2.46. The first-order valence-corrected chi connectivity index (χ1v) is 5.53. The fraction of sp³-hybridized carbons (Fsp3) is 0.200. The third-order valence-corrected chi connectivity index (χ3v) is 2.90. The highest BCUT2D eigenvalue weighted by atomic mass is 79.9. The van der Waals surface area contributed by atoms with E-state index in [4.69, 9.17) is 10.8 Å². The Morgan fingerprint density at radius 2 is 2.38 bits per heavy atom. The quantitative estimate of drug-likeness (QED) is 0.890. The van der Waals surface area contributed by atoms with Crippen molar-refractivity contribution in [2.45, 2.75) is 6.42 Å². The molecule has 0 atom stereocenters. The molecule has 2 rings (SSSR count). The summed E-state index contributed by atoms with van der Waals surface area (Å²) in [5.41, 5.74) is 6.08. The zero-order valence-corrected chi connectivity index (χ0v) is 9.94. The first-order valence-electron chi connectivity index (χ1n) is 4.74. The second kappa shape index (κ2) is 4.23. The van der Waals surface area contributed by atoms with E-state index in [-0.39, 0.29) is 5.69 Å². The Balaban J connectivity index is 2.76.